The summed E-state index contributed by atoms with van der Waals surface area (Å²) in [5.41, 5.74) is -0.323. The molecule has 1 saturated heterocycles. The molecule has 14 heavy (non-hydrogen) atoms. The van der Waals surface area contributed by atoms with Gasteiger partial charge in [-0.2, -0.15) is 5.26 Å². The van der Waals surface area contributed by atoms with Crippen LogP contribution in [-0.2, 0) is 4.79 Å². The van der Waals surface area contributed by atoms with Crippen LogP contribution in [0.15, 0.2) is 0 Å². The van der Waals surface area contributed by atoms with Crippen LogP contribution in [0.2, 0.25) is 0 Å². The van der Waals surface area contributed by atoms with Gasteiger partial charge < -0.3 is 5.32 Å². The predicted molar refractivity (Wildman–Crippen MR) is 54.7 cm³/mol. The molecule has 0 aromatic carbocycles. The van der Waals surface area contributed by atoms with Gasteiger partial charge in [0.15, 0.2) is 0 Å². The molecule has 0 atom stereocenters. The molecule has 0 radical (unpaired) electrons. The maximum atomic E-state index is 11.9. The first-order valence-corrected chi connectivity index (χ1v) is 5.36. The number of rotatable bonds is 4. The van der Waals surface area contributed by atoms with E-state index < -0.39 is 0 Å². The van der Waals surface area contributed by atoms with Gasteiger partial charge in [-0.25, -0.2) is 0 Å². The van der Waals surface area contributed by atoms with Crippen LogP contribution in [-0.4, -0.2) is 18.9 Å². The SMILES string of the molecule is CCCC(=O)C1(CC#N)CCNCC1. The molecule has 0 amide bonds. The van der Waals surface area contributed by atoms with Crippen molar-refractivity contribution in [1.82, 2.24) is 5.32 Å². The van der Waals surface area contributed by atoms with E-state index in [0.29, 0.717) is 18.6 Å². The maximum Gasteiger partial charge on any atom is 0.140 e. The molecule has 3 nitrogen and oxygen atoms in total. The number of Topliss-reactive ketones (excluding diaryl/α,β-unsaturated/α-hetero) is 1. The van der Waals surface area contributed by atoms with E-state index in [-0.39, 0.29) is 5.41 Å². The first kappa shape index (κ1) is 11.2. The van der Waals surface area contributed by atoms with Crippen LogP contribution in [0.1, 0.15) is 39.0 Å². The number of nitriles is 1. The molecule has 1 aliphatic rings. The largest absolute Gasteiger partial charge is 0.317 e. The smallest absolute Gasteiger partial charge is 0.140 e. The van der Waals surface area contributed by atoms with Gasteiger partial charge in [-0.3, -0.25) is 4.79 Å². The van der Waals surface area contributed by atoms with E-state index in [1.54, 1.807) is 0 Å². The Bertz CT molecular complexity index is 236. The zero-order valence-corrected chi connectivity index (χ0v) is 8.81. The second kappa shape index (κ2) is 5.11. The standard InChI is InChI=1S/C11H18N2O/c1-2-3-10(14)11(4-7-12)5-8-13-9-6-11/h13H,2-6,8-9H2,1H3. The van der Waals surface area contributed by atoms with Crippen LogP contribution < -0.4 is 5.32 Å². The lowest BCUT2D eigenvalue weighted by atomic mass is 9.72. The number of hydrogen-bond donors (Lipinski definition) is 1. The van der Waals surface area contributed by atoms with Gasteiger partial charge in [-0.1, -0.05) is 6.92 Å². The van der Waals surface area contributed by atoms with E-state index in [9.17, 15) is 4.79 Å². The Labute approximate surface area is 85.5 Å². The number of nitrogens with zero attached hydrogens (tertiary/aromatic N) is 1. The van der Waals surface area contributed by atoms with Gasteiger partial charge in [0.05, 0.1) is 6.07 Å². The second-order valence-corrected chi connectivity index (χ2v) is 4.04. The van der Waals surface area contributed by atoms with Crippen molar-refractivity contribution < 1.29 is 4.79 Å². The summed E-state index contributed by atoms with van der Waals surface area (Å²) >= 11 is 0. The van der Waals surface area contributed by atoms with Crippen LogP contribution in [0.3, 0.4) is 0 Å². The lowest BCUT2D eigenvalue weighted by Gasteiger charge is -2.34. The molecule has 0 spiro atoms. The Morgan fingerprint density at radius 3 is 2.64 bits per heavy atom. The lowest BCUT2D eigenvalue weighted by Crippen LogP contribution is -2.41. The summed E-state index contributed by atoms with van der Waals surface area (Å²) in [5.74, 6) is 0.294. The van der Waals surface area contributed by atoms with E-state index in [2.05, 4.69) is 11.4 Å². The fourth-order valence-corrected chi connectivity index (χ4v) is 2.10. The van der Waals surface area contributed by atoms with Gasteiger partial charge in [0, 0.05) is 18.3 Å². The normalized spacial score (nSPS) is 20.0. The van der Waals surface area contributed by atoms with E-state index >= 15 is 0 Å². The number of piperidine rings is 1. The molecule has 0 aromatic rings. The van der Waals surface area contributed by atoms with Gasteiger partial charge in [0.1, 0.15) is 5.78 Å². The van der Waals surface area contributed by atoms with E-state index in [0.717, 1.165) is 32.4 Å². The summed E-state index contributed by atoms with van der Waals surface area (Å²) in [5, 5.41) is 12.0. The third kappa shape index (κ3) is 2.33. The van der Waals surface area contributed by atoms with Crippen LogP contribution in [0.4, 0.5) is 0 Å². The van der Waals surface area contributed by atoms with Crippen molar-refractivity contribution in [3.05, 3.63) is 0 Å². The third-order valence-electron chi connectivity index (χ3n) is 3.05. The lowest BCUT2D eigenvalue weighted by molar-refractivity contribution is -0.130. The highest BCUT2D eigenvalue weighted by Crippen LogP contribution is 2.34. The maximum absolute atomic E-state index is 11.9. The molecule has 0 aliphatic carbocycles. The van der Waals surface area contributed by atoms with Crippen LogP contribution in [0.25, 0.3) is 0 Å². The Hall–Kier alpha value is -0.880. The first-order chi connectivity index (χ1) is 6.75. The number of nitrogens with one attached hydrogen (secondary N) is 1. The summed E-state index contributed by atoms with van der Waals surface area (Å²) in [6.45, 7) is 3.76. The molecular weight excluding hydrogens is 176 g/mol. The van der Waals surface area contributed by atoms with Gasteiger partial charge >= 0.3 is 0 Å². The van der Waals surface area contributed by atoms with Crippen molar-refractivity contribution >= 4 is 5.78 Å². The predicted octanol–water partition coefficient (Wildman–Crippen LogP) is 1.64. The zero-order chi connectivity index (χ0) is 10.4. The molecule has 1 fully saturated rings. The summed E-state index contributed by atoms with van der Waals surface area (Å²) in [7, 11) is 0. The molecule has 1 N–H and O–H groups in total. The summed E-state index contributed by atoms with van der Waals surface area (Å²) < 4.78 is 0. The highest BCUT2D eigenvalue weighted by molar-refractivity contribution is 5.85. The van der Waals surface area contributed by atoms with Gasteiger partial charge in [0.25, 0.3) is 0 Å². The monoisotopic (exact) mass is 194 g/mol. The number of carbonyl (C=O) groups excluding carboxylic acids is 1. The van der Waals surface area contributed by atoms with Crippen molar-refractivity contribution in [1.29, 1.82) is 5.26 Å². The van der Waals surface area contributed by atoms with E-state index in [1.165, 1.54) is 0 Å². The molecule has 1 rings (SSSR count). The van der Waals surface area contributed by atoms with Crippen molar-refractivity contribution in [3.8, 4) is 6.07 Å². The molecular formula is C11H18N2O. The van der Waals surface area contributed by atoms with Crippen molar-refractivity contribution in [2.24, 2.45) is 5.41 Å². The number of ketones is 1. The quantitative estimate of drug-likeness (QED) is 0.740. The minimum atomic E-state index is -0.323. The van der Waals surface area contributed by atoms with Crippen molar-refractivity contribution in [2.45, 2.75) is 39.0 Å². The first-order valence-electron chi connectivity index (χ1n) is 5.36. The minimum absolute atomic E-state index is 0.294. The summed E-state index contributed by atoms with van der Waals surface area (Å²) in [6, 6.07) is 2.17. The Morgan fingerprint density at radius 1 is 1.50 bits per heavy atom. The number of carbonyl (C=O) groups is 1. The molecule has 0 unspecified atom stereocenters. The molecule has 0 saturated carbocycles. The van der Waals surface area contributed by atoms with E-state index in [1.807, 2.05) is 6.92 Å². The van der Waals surface area contributed by atoms with Crippen molar-refractivity contribution in [2.75, 3.05) is 13.1 Å². The molecule has 78 valence electrons. The van der Waals surface area contributed by atoms with Gasteiger partial charge in [-0.05, 0) is 32.4 Å². The Kier molecular flexibility index (Phi) is 4.09. The van der Waals surface area contributed by atoms with Crippen LogP contribution in [0.5, 0.6) is 0 Å². The Morgan fingerprint density at radius 2 is 2.14 bits per heavy atom. The zero-order valence-electron chi connectivity index (χ0n) is 8.81. The highest BCUT2D eigenvalue weighted by Gasteiger charge is 2.38. The topological polar surface area (TPSA) is 52.9 Å². The molecule has 1 heterocycles. The van der Waals surface area contributed by atoms with Crippen molar-refractivity contribution in [3.63, 3.8) is 0 Å². The highest BCUT2D eigenvalue weighted by atomic mass is 16.1. The summed E-state index contributed by atoms with van der Waals surface area (Å²) in [6.07, 6.45) is 3.58. The molecule has 0 aromatic heterocycles. The second-order valence-electron chi connectivity index (χ2n) is 4.04. The fraction of sp³-hybridized carbons (Fsp3) is 0.818. The average Bonchev–Trinajstić information content (AvgIpc) is 2.20. The third-order valence-corrected chi connectivity index (χ3v) is 3.05. The van der Waals surface area contributed by atoms with E-state index in [4.69, 9.17) is 5.26 Å². The molecule has 1 aliphatic heterocycles. The minimum Gasteiger partial charge on any atom is -0.317 e. The molecule has 3 heteroatoms. The van der Waals surface area contributed by atoms with Gasteiger partial charge in [0.2, 0.25) is 0 Å². The van der Waals surface area contributed by atoms with Gasteiger partial charge in [-0.15, -0.1) is 0 Å². The number of hydrogen-bond acceptors (Lipinski definition) is 3. The fourth-order valence-electron chi connectivity index (χ4n) is 2.10. The average molecular weight is 194 g/mol. The van der Waals surface area contributed by atoms with Crippen LogP contribution >= 0.6 is 0 Å². The van der Waals surface area contributed by atoms with Crippen LogP contribution in [0, 0.1) is 16.7 Å². The summed E-state index contributed by atoms with van der Waals surface area (Å²) in [4.78, 5) is 11.9. The Balaban J connectivity index is 2.69. The molecule has 0 bridgehead atoms.